The molecule has 1 aliphatic rings. The number of nitrogens with one attached hydrogen (secondary N) is 1. The number of pyridine rings is 1. The zero-order chi connectivity index (χ0) is 12.8. The lowest BCUT2D eigenvalue weighted by Gasteiger charge is -2.26. The van der Waals surface area contributed by atoms with Gasteiger partial charge >= 0.3 is 0 Å². The molecule has 0 bridgehead atoms. The van der Waals surface area contributed by atoms with Gasteiger partial charge in [0.2, 0.25) is 5.91 Å². The third-order valence-corrected chi connectivity index (χ3v) is 2.75. The van der Waals surface area contributed by atoms with Crippen molar-refractivity contribution in [3.05, 3.63) is 24.1 Å². The molecule has 0 unspecified atom stereocenters. The lowest BCUT2D eigenvalue weighted by molar-refractivity contribution is -0.134. The molecular weight excluding hydrogens is 237 g/mol. The minimum absolute atomic E-state index is 0.0575. The first-order chi connectivity index (χ1) is 8.77. The van der Waals surface area contributed by atoms with Crippen molar-refractivity contribution >= 4 is 11.7 Å². The molecular formula is C12H16FN3O2. The van der Waals surface area contributed by atoms with Gasteiger partial charge in [0.15, 0.2) is 11.6 Å². The Labute approximate surface area is 105 Å². The largest absolute Gasteiger partial charge is 0.378 e. The predicted octanol–water partition coefficient (Wildman–Crippen LogP) is 0.881. The van der Waals surface area contributed by atoms with Crippen molar-refractivity contribution in [3.63, 3.8) is 0 Å². The van der Waals surface area contributed by atoms with Crippen LogP contribution in [0.4, 0.5) is 10.2 Å². The van der Waals surface area contributed by atoms with Gasteiger partial charge in [-0.05, 0) is 12.1 Å². The number of carbonyl (C=O) groups is 1. The highest BCUT2D eigenvalue weighted by atomic mass is 19.1. The van der Waals surface area contributed by atoms with E-state index in [4.69, 9.17) is 4.74 Å². The summed E-state index contributed by atoms with van der Waals surface area (Å²) in [6, 6.07) is 2.86. The van der Waals surface area contributed by atoms with E-state index in [0.29, 0.717) is 39.3 Å². The predicted molar refractivity (Wildman–Crippen MR) is 64.7 cm³/mol. The molecule has 0 aromatic carbocycles. The van der Waals surface area contributed by atoms with Crippen molar-refractivity contribution in [3.8, 4) is 0 Å². The molecule has 2 heterocycles. The van der Waals surface area contributed by atoms with Gasteiger partial charge in [0.05, 0.1) is 13.2 Å². The van der Waals surface area contributed by atoms with Gasteiger partial charge in [-0.1, -0.05) is 0 Å². The number of aromatic nitrogens is 1. The van der Waals surface area contributed by atoms with E-state index in [1.165, 1.54) is 18.3 Å². The SMILES string of the molecule is O=C(CCNc1ncccc1F)N1CCOCC1. The molecule has 98 valence electrons. The number of halogens is 1. The Kier molecular flexibility index (Phi) is 4.46. The van der Waals surface area contributed by atoms with Crippen LogP contribution in [0.25, 0.3) is 0 Å². The van der Waals surface area contributed by atoms with Crippen LogP contribution in [0.3, 0.4) is 0 Å². The van der Waals surface area contributed by atoms with Crippen molar-refractivity contribution in [1.82, 2.24) is 9.88 Å². The number of morpholine rings is 1. The van der Waals surface area contributed by atoms with E-state index in [2.05, 4.69) is 10.3 Å². The fourth-order valence-corrected chi connectivity index (χ4v) is 1.77. The summed E-state index contributed by atoms with van der Waals surface area (Å²) < 4.78 is 18.4. The number of rotatable bonds is 4. The molecule has 0 radical (unpaired) electrons. The van der Waals surface area contributed by atoms with E-state index >= 15 is 0 Å². The smallest absolute Gasteiger partial charge is 0.224 e. The minimum Gasteiger partial charge on any atom is -0.378 e. The lowest BCUT2D eigenvalue weighted by atomic mass is 10.3. The Balaban J connectivity index is 1.75. The van der Waals surface area contributed by atoms with Gasteiger partial charge in [0.1, 0.15) is 0 Å². The van der Waals surface area contributed by atoms with Gasteiger partial charge in [-0.25, -0.2) is 9.37 Å². The Morgan fingerprint density at radius 1 is 1.50 bits per heavy atom. The van der Waals surface area contributed by atoms with Crippen LogP contribution < -0.4 is 5.32 Å². The summed E-state index contributed by atoms with van der Waals surface area (Å²) in [7, 11) is 0. The van der Waals surface area contributed by atoms with Crippen molar-refractivity contribution in [2.75, 3.05) is 38.2 Å². The molecule has 2 rings (SSSR count). The van der Waals surface area contributed by atoms with Gasteiger partial charge in [0, 0.05) is 32.3 Å². The maximum atomic E-state index is 13.2. The third kappa shape index (κ3) is 3.40. The van der Waals surface area contributed by atoms with Crippen LogP contribution in [0.15, 0.2) is 18.3 Å². The molecule has 1 saturated heterocycles. The van der Waals surface area contributed by atoms with Crippen LogP contribution in [0.5, 0.6) is 0 Å². The molecule has 1 aromatic rings. The second-order valence-electron chi connectivity index (χ2n) is 4.00. The van der Waals surface area contributed by atoms with E-state index in [1.54, 1.807) is 4.90 Å². The number of ether oxygens (including phenoxy) is 1. The molecule has 0 aliphatic carbocycles. The molecule has 0 spiro atoms. The van der Waals surface area contributed by atoms with Gasteiger partial charge in [-0.15, -0.1) is 0 Å². The Bertz CT molecular complexity index is 408. The molecule has 0 atom stereocenters. The van der Waals surface area contributed by atoms with Gasteiger partial charge in [-0.3, -0.25) is 4.79 Å². The molecule has 1 aliphatic heterocycles. The highest BCUT2D eigenvalue weighted by Gasteiger charge is 2.16. The van der Waals surface area contributed by atoms with Crippen LogP contribution in [0.1, 0.15) is 6.42 Å². The number of nitrogens with zero attached hydrogens (tertiary/aromatic N) is 2. The number of hydrogen-bond acceptors (Lipinski definition) is 4. The number of amides is 1. The second kappa shape index (κ2) is 6.30. The van der Waals surface area contributed by atoms with Crippen molar-refractivity contribution in [2.24, 2.45) is 0 Å². The monoisotopic (exact) mass is 253 g/mol. The molecule has 18 heavy (non-hydrogen) atoms. The Morgan fingerprint density at radius 2 is 2.28 bits per heavy atom. The minimum atomic E-state index is -0.406. The normalized spacial score (nSPS) is 15.5. The highest BCUT2D eigenvalue weighted by Crippen LogP contribution is 2.08. The summed E-state index contributed by atoms with van der Waals surface area (Å²) in [5.41, 5.74) is 0. The first kappa shape index (κ1) is 12.8. The second-order valence-corrected chi connectivity index (χ2v) is 4.00. The van der Waals surface area contributed by atoms with Crippen molar-refractivity contribution in [2.45, 2.75) is 6.42 Å². The molecule has 1 aromatic heterocycles. The standard InChI is InChI=1S/C12H16FN3O2/c13-10-2-1-4-14-12(10)15-5-3-11(17)16-6-8-18-9-7-16/h1-2,4H,3,5-9H2,(H,14,15). The summed E-state index contributed by atoms with van der Waals surface area (Å²) >= 11 is 0. The van der Waals surface area contributed by atoms with Crippen LogP contribution in [0, 0.1) is 5.82 Å². The van der Waals surface area contributed by atoms with Gasteiger partial charge in [-0.2, -0.15) is 0 Å². The first-order valence-corrected chi connectivity index (χ1v) is 5.97. The maximum Gasteiger partial charge on any atom is 0.224 e. The maximum absolute atomic E-state index is 13.2. The van der Waals surface area contributed by atoms with Crippen LogP contribution >= 0.6 is 0 Å². The highest BCUT2D eigenvalue weighted by molar-refractivity contribution is 5.76. The molecule has 6 heteroatoms. The zero-order valence-electron chi connectivity index (χ0n) is 10.1. The topological polar surface area (TPSA) is 54.5 Å². The van der Waals surface area contributed by atoms with Crippen LogP contribution in [0.2, 0.25) is 0 Å². The summed E-state index contributed by atoms with van der Waals surface area (Å²) in [6.07, 6.45) is 1.84. The summed E-state index contributed by atoms with van der Waals surface area (Å²) in [5.74, 6) is -0.161. The average Bonchev–Trinajstić information content (AvgIpc) is 2.42. The van der Waals surface area contributed by atoms with Crippen molar-refractivity contribution < 1.29 is 13.9 Å². The molecule has 1 N–H and O–H groups in total. The number of hydrogen-bond donors (Lipinski definition) is 1. The number of anilines is 1. The van der Waals surface area contributed by atoms with Crippen LogP contribution in [-0.2, 0) is 9.53 Å². The lowest BCUT2D eigenvalue weighted by Crippen LogP contribution is -2.41. The fraction of sp³-hybridized carbons (Fsp3) is 0.500. The molecule has 0 saturated carbocycles. The third-order valence-electron chi connectivity index (χ3n) is 2.75. The van der Waals surface area contributed by atoms with E-state index in [1.807, 2.05) is 0 Å². The fourth-order valence-electron chi connectivity index (χ4n) is 1.77. The van der Waals surface area contributed by atoms with Crippen LogP contribution in [-0.4, -0.2) is 48.6 Å². The summed E-state index contributed by atoms with van der Waals surface area (Å²) in [4.78, 5) is 17.4. The number of carbonyl (C=O) groups excluding carboxylic acids is 1. The van der Waals surface area contributed by atoms with E-state index in [9.17, 15) is 9.18 Å². The molecule has 5 nitrogen and oxygen atoms in total. The van der Waals surface area contributed by atoms with E-state index < -0.39 is 5.82 Å². The molecule has 1 fully saturated rings. The Hall–Kier alpha value is -1.69. The van der Waals surface area contributed by atoms with Crippen molar-refractivity contribution in [1.29, 1.82) is 0 Å². The average molecular weight is 253 g/mol. The summed E-state index contributed by atoms with van der Waals surface area (Å²) in [5, 5.41) is 2.82. The van der Waals surface area contributed by atoms with Gasteiger partial charge < -0.3 is 15.0 Å². The Morgan fingerprint density at radius 3 is 3.00 bits per heavy atom. The molecule has 1 amide bonds. The first-order valence-electron chi connectivity index (χ1n) is 5.97. The quantitative estimate of drug-likeness (QED) is 0.865. The van der Waals surface area contributed by atoms with E-state index in [0.717, 1.165) is 0 Å². The van der Waals surface area contributed by atoms with E-state index in [-0.39, 0.29) is 11.7 Å². The van der Waals surface area contributed by atoms with Gasteiger partial charge in [0.25, 0.3) is 0 Å². The summed E-state index contributed by atoms with van der Waals surface area (Å²) in [6.45, 7) is 2.83. The zero-order valence-corrected chi connectivity index (χ0v) is 10.1.